The number of ether oxygens (including phenoxy) is 2. The van der Waals surface area contributed by atoms with Crippen LogP contribution in [0.2, 0.25) is 0 Å². The zero-order chi connectivity index (χ0) is 17.5. The molecule has 2 aliphatic rings. The van der Waals surface area contributed by atoms with Crippen LogP contribution in [-0.2, 0) is 19.4 Å². The van der Waals surface area contributed by atoms with Gasteiger partial charge in [0.15, 0.2) is 16.7 Å². The van der Waals surface area contributed by atoms with Crippen molar-refractivity contribution in [2.24, 2.45) is 0 Å². The molecule has 5 nitrogen and oxygen atoms in total. The summed E-state index contributed by atoms with van der Waals surface area (Å²) < 4.78 is 10.9. The number of benzene rings is 1. The van der Waals surface area contributed by atoms with E-state index in [1.54, 1.807) is 11.8 Å². The molecule has 0 bridgehead atoms. The van der Waals surface area contributed by atoms with Crippen LogP contribution in [0.15, 0.2) is 23.4 Å². The maximum Gasteiger partial charge on any atom is 0.231 e. The average Bonchev–Trinajstić information content (AvgIpc) is 3.29. The number of rotatable bonds is 4. The van der Waals surface area contributed by atoms with Crippen molar-refractivity contribution >= 4 is 39.1 Å². The van der Waals surface area contributed by atoms with Gasteiger partial charge in [0.05, 0.1) is 5.39 Å². The van der Waals surface area contributed by atoms with E-state index in [2.05, 4.69) is 11.4 Å². The Balaban J connectivity index is 1.50. The van der Waals surface area contributed by atoms with Gasteiger partial charge in [0.2, 0.25) is 6.79 Å². The molecule has 1 N–H and O–H groups in total. The van der Waals surface area contributed by atoms with E-state index >= 15 is 0 Å². The summed E-state index contributed by atoms with van der Waals surface area (Å²) in [5.74, 6) is 2.58. The van der Waals surface area contributed by atoms with Crippen LogP contribution in [0.1, 0.15) is 28.8 Å². The summed E-state index contributed by atoms with van der Waals surface area (Å²) >= 11 is 3.43. The molecule has 1 aliphatic heterocycles. The van der Waals surface area contributed by atoms with Gasteiger partial charge in [-0.25, -0.2) is 9.97 Å². The molecule has 0 saturated heterocycles. The first-order valence-corrected chi connectivity index (χ1v) is 10.8. The molecule has 5 rings (SSSR count). The minimum Gasteiger partial charge on any atom is -0.454 e. The molecule has 3 aromatic rings. The first kappa shape index (κ1) is 16.2. The van der Waals surface area contributed by atoms with Crippen molar-refractivity contribution in [3.8, 4) is 11.5 Å². The van der Waals surface area contributed by atoms with Crippen LogP contribution in [0, 0.1) is 0 Å². The SMILES string of the molecule is CSc1nc(NCc2ccc3c(c2)OCO3)c2c3c(sc2n1)CCCC3. The molecule has 0 spiro atoms. The Morgan fingerprint density at radius 2 is 2.04 bits per heavy atom. The molecule has 0 saturated carbocycles. The van der Waals surface area contributed by atoms with Crippen molar-refractivity contribution in [3.63, 3.8) is 0 Å². The summed E-state index contributed by atoms with van der Waals surface area (Å²) in [5, 5.41) is 5.60. The first-order chi connectivity index (χ1) is 12.8. The van der Waals surface area contributed by atoms with Crippen LogP contribution in [-0.4, -0.2) is 23.0 Å². The normalized spacial score (nSPS) is 15.3. The predicted molar refractivity (Wildman–Crippen MR) is 106 cm³/mol. The Morgan fingerprint density at radius 1 is 1.15 bits per heavy atom. The molecular formula is C19H19N3O2S2. The lowest BCUT2D eigenvalue weighted by Crippen LogP contribution is -2.05. The van der Waals surface area contributed by atoms with E-state index in [4.69, 9.17) is 19.4 Å². The Kier molecular flexibility index (Phi) is 4.13. The molecule has 3 heterocycles. The van der Waals surface area contributed by atoms with Crippen LogP contribution in [0.4, 0.5) is 5.82 Å². The second-order valence-corrected chi connectivity index (χ2v) is 8.35. The molecule has 0 fully saturated rings. The van der Waals surface area contributed by atoms with Crippen LogP contribution >= 0.6 is 23.1 Å². The Bertz CT molecular complexity index is 987. The third-order valence-electron chi connectivity index (χ3n) is 4.87. The quantitative estimate of drug-likeness (QED) is 0.522. The van der Waals surface area contributed by atoms with Gasteiger partial charge in [-0.3, -0.25) is 0 Å². The second-order valence-electron chi connectivity index (χ2n) is 6.49. The molecule has 0 atom stereocenters. The number of hydrogen-bond acceptors (Lipinski definition) is 7. The molecule has 0 unspecified atom stereocenters. The second kappa shape index (κ2) is 6.63. The Hall–Kier alpha value is -1.99. The summed E-state index contributed by atoms with van der Waals surface area (Å²) in [5.41, 5.74) is 2.60. The van der Waals surface area contributed by atoms with Crippen molar-refractivity contribution in [2.75, 3.05) is 18.4 Å². The number of anilines is 1. The number of thiophene rings is 1. The monoisotopic (exact) mass is 385 g/mol. The number of thioether (sulfide) groups is 1. The molecule has 2 aromatic heterocycles. The lowest BCUT2D eigenvalue weighted by Gasteiger charge is -2.13. The van der Waals surface area contributed by atoms with E-state index in [-0.39, 0.29) is 0 Å². The van der Waals surface area contributed by atoms with Gasteiger partial charge in [-0.2, -0.15) is 0 Å². The summed E-state index contributed by atoms with van der Waals surface area (Å²) in [6.45, 7) is 0.998. The van der Waals surface area contributed by atoms with E-state index in [1.807, 2.05) is 29.7 Å². The molecule has 0 radical (unpaired) electrons. The van der Waals surface area contributed by atoms with E-state index in [9.17, 15) is 0 Å². The highest BCUT2D eigenvalue weighted by Gasteiger charge is 2.21. The molecule has 26 heavy (non-hydrogen) atoms. The van der Waals surface area contributed by atoms with Gasteiger partial charge in [-0.15, -0.1) is 11.3 Å². The lowest BCUT2D eigenvalue weighted by atomic mass is 9.97. The zero-order valence-corrected chi connectivity index (χ0v) is 16.1. The molecule has 134 valence electrons. The lowest BCUT2D eigenvalue weighted by molar-refractivity contribution is 0.174. The highest BCUT2D eigenvalue weighted by atomic mass is 32.2. The molecular weight excluding hydrogens is 366 g/mol. The summed E-state index contributed by atoms with van der Waals surface area (Å²) in [7, 11) is 0. The fourth-order valence-corrected chi connectivity index (χ4v) is 5.28. The van der Waals surface area contributed by atoms with Crippen LogP contribution < -0.4 is 14.8 Å². The smallest absolute Gasteiger partial charge is 0.231 e. The number of nitrogens with zero attached hydrogens (tertiary/aromatic N) is 2. The van der Waals surface area contributed by atoms with Crippen molar-refractivity contribution < 1.29 is 9.47 Å². The van der Waals surface area contributed by atoms with Gasteiger partial charge in [-0.05, 0) is 55.2 Å². The van der Waals surface area contributed by atoms with E-state index < -0.39 is 0 Å². The zero-order valence-electron chi connectivity index (χ0n) is 14.5. The highest BCUT2D eigenvalue weighted by Crippen LogP contribution is 2.39. The van der Waals surface area contributed by atoms with Gasteiger partial charge in [-0.1, -0.05) is 17.8 Å². The number of nitrogens with one attached hydrogen (secondary N) is 1. The highest BCUT2D eigenvalue weighted by molar-refractivity contribution is 7.98. The van der Waals surface area contributed by atoms with Crippen molar-refractivity contribution in [1.82, 2.24) is 9.97 Å². The first-order valence-electron chi connectivity index (χ1n) is 8.80. The third kappa shape index (κ3) is 2.79. The summed E-state index contributed by atoms with van der Waals surface area (Å²) in [4.78, 5) is 12.1. The van der Waals surface area contributed by atoms with E-state index in [0.29, 0.717) is 13.3 Å². The fourth-order valence-electron chi connectivity index (χ4n) is 3.59. The molecule has 1 aromatic carbocycles. The number of aromatic nitrogens is 2. The maximum absolute atomic E-state index is 5.48. The van der Waals surface area contributed by atoms with Gasteiger partial charge >= 0.3 is 0 Å². The fraction of sp³-hybridized carbons (Fsp3) is 0.368. The number of fused-ring (bicyclic) bond motifs is 4. The molecule has 1 aliphatic carbocycles. The van der Waals surface area contributed by atoms with E-state index in [1.165, 1.54) is 35.1 Å². The molecule has 7 heteroatoms. The standard InChI is InChI=1S/C19H19N3O2S2/c1-25-19-21-17(16-12-4-2-3-5-15(12)26-18(16)22-19)20-9-11-6-7-13-14(8-11)24-10-23-13/h6-8H,2-5,9-10H2,1H3,(H,20,21,22). The number of hydrogen-bond donors (Lipinski definition) is 1. The largest absolute Gasteiger partial charge is 0.454 e. The summed E-state index contributed by atoms with van der Waals surface area (Å²) in [6, 6.07) is 6.07. The van der Waals surface area contributed by atoms with Crippen LogP contribution in [0.5, 0.6) is 11.5 Å². The average molecular weight is 386 g/mol. The summed E-state index contributed by atoms with van der Waals surface area (Å²) in [6.07, 6.45) is 6.87. The van der Waals surface area contributed by atoms with Gasteiger partial charge in [0.1, 0.15) is 10.6 Å². The topological polar surface area (TPSA) is 56.3 Å². The van der Waals surface area contributed by atoms with Crippen LogP contribution in [0.3, 0.4) is 0 Å². The maximum atomic E-state index is 5.48. The van der Waals surface area contributed by atoms with E-state index in [0.717, 1.165) is 39.3 Å². The van der Waals surface area contributed by atoms with Gasteiger partial charge < -0.3 is 14.8 Å². The minimum absolute atomic E-state index is 0.302. The van der Waals surface area contributed by atoms with Crippen molar-refractivity contribution in [2.45, 2.75) is 37.4 Å². The van der Waals surface area contributed by atoms with Crippen molar-refractivity contribution in [3.05, 3.63) is 34.2 Å². The Labute approximate surface area is 160 Å². The number of aryl methyl sites for hydroxylation is 2. The van der Waals surface area contributed by atoms with Gasteiger partial charge in [0.25, 0.3) is 0 Å². The molecule has 0 amide bonds. The van der Waals surface area contributed by atoms with Crippen LogP contribution in [0.25, 0.3) is 10.2 Å². The third-order valence-corrected chi connectivity index (χ3v) is 6.61. The Morgan fingerprint density at radius 3 is 2.96 bits per heavy atom. The minimum atomic E-state index is 0.302. The predicted octanol–water partition coefficient (Wildman–Crippen LogP) is 4.63. The van der Waals surface area contributed by atoms with Gasteiger partial charge in [0, 0.05) is 11.4 Å². The van der Waals surface area contributed by atoms with Crippen molar-refractivity contribution in [1.29, 1.82) is 0 Å².